The zero-order valence-electron chi connectivity index (χ0n) is 13.7. The number of aliphatic hydroxyl groups excluding tert-OH is 1. The van der Waals surface area contributed by atoms with Crippen LogP contribution in [0.25, 0.3) is 10.9 Å². The number of amides is 1. The van der Waals surface area contributed by atoms with Gasteiger partial charge in [-0.3, -0.25) is 9.59 Å². The largest absolute Gasteiger partial charge is 0.396 e. The standard InChI is InChI=1S/C18H24N2O3/c1-3-18(4-2,9-10-21)12-19-17(23)14-11-16(22)20-15-8-6-5-7-13(14)15/h5-8,11,21H,3-4,9-10,12H2,1-2H3,(H,19,23)(H,20,22). The first-order chi connectivity index (χ1) is 11.0. The zero-order valence-corrected chi connectivity index (χ0v) is 13.7. The molecule has 0 atom stereocenters. The first-order valence-corrected chi connectivity index (χ1v) is 8.06. The summed E-state index contributed by atoms with van der Waals surface area (Å²) >= 11 is 0. The van der Waals surface area contributed by atoms with Gasteiger partial charge in [-0.1, -0.05) is 32.0 Å². The molecule has 0 fully saturated rings. The second kappa shape index (κ2) is 7.42. The van der Waals surface area contributed by atoms with E-state index in [0.29, 0.717) is 24.0 Å². The van der Waals surface area contributed by atoms with Crippen LogP contribution in [0.5, 0.6) is 0 Å². The van der Waals surface area contributed by atoms with Gasteiger partial charge < -0.3 is 15.4 Å². The van der Waals surface area contributed by atoms with Gasteiger partial charge in [0.2, 0.25) is 5.56 Å². The molecule has 2 aromatic rings. The van der Waals surface area contributed by atoms with Crippen molar-refractivity contribution in [2.75, 3.05) is 13.2 Å². The number of aromatic nitrogens is 1. The van der Waals surface area contributed by atoms with Crippen molar-refractivity contribution in [3.05, 3.63) is 46.2 Å². The lowest BCUT2D eigenvalue weighted by Gasteiger charge is -2.31. The number of carbonyl (C=O) groups is 1. The number of pyridine rings is 1. The maximum Gasteiger partial charge on any atom is 0.252 e. The number of carbonyl (C=O) groups excluding carboxylic acids is 1. The molecular weight excluding hydrogens is 292 g/mol. The van der Waals surface area contributed by atoms with Gasteiger partial charge >= 0.3 is 0 Å². The van der Waals surface area contributed by atoms with E-state index in [9.17, 15) is 14.7 Å². The number of nitrogens with one attached hydrogen (secondary N) is 2. The van der Waals surface area contributed by atoms with E-state index in [1.807, 2.05) is 18.2 Å². The predicted octanol–water partition coefficient (Wildman–Crippen LogP) is 2.45. The first-order valence-electron chi connectivity index (χ1n) is 8.06. The molecule has 23 heavy (non-hydrogen) atoms. The summed E-state index contributed by atoms with van der Waals surface area (Å²) in [5.41, 5.74) is 0.634. The van der Waals surface area contributed by atoms with Gasteiger partial charge in [0, 0.05) is 30.1 Å². The Kier molecular flexibility index (Phi) is 5.55. The van der Waals surface area contributed by atoms with Gasteiger partial charge in [-0.05, 0) is 30.7 Å². The van der Waals surface area contributed by atoms with Crippen molar-refractivity contribution < 1.29 is 9.90 Å². The van der Waals surface area contributed by atoms with E-state index in [1.165, 1.54) is 6.07 Å². The van der Waals surface area contributed by atoms with Crippen LogP contribution in [0.4, 0.5) is 0 Å². The molecule has 0 unspecified atom stereocenters. The van der Waals surface area contributed by atoms with E-state index < -0.39 is 0 Å². The van der Waals surface area contributed by atoms with Gasteiger partial charge in [0.1, 0.15) is 0 Å². The lowest BCUT2D eigenvalue weighted by atomic mass is 9.79. The molecular formula is C18H24N2O3. The third-order valence-corrected chi connectivity index (χ3v) is 4.76. The first kappa shape index (κ1) is 17.2. The topological polar surface area (TPSA) is 82.2 Å². The van der Waals surface area contributed by atoms with Crippen molar-refractivity contribution in [1.82, 2.24) is 10.3 Å². The van der Waals surface area contributed by atoms with Gasteiger partial charge in [0.15, 0.2) is 0 Å². The van der Waals surface area contributed by atoms with Crippen LogP contribution in [-0.2, 0) is 0 Å². The van der Waals surface area contributed by atoms with Crippen molar-refractivity contribution in [3.8, 4) is 0 Å². The summed E-state index contributed by atoms with van der Waals surface area (Å²) in [5, 5.41) is 12.9. The number of fused-ring (bicyclic) bond motifs is 1. The molecule has 124 valence electrons. The molecule has 1 heterocycles. The fraction of sp³-hybridized carbons (Fsp3) is 0.444. The number of para-hydroxylation sites is 1. The summed E-state index contributed by atoms with van der Waals surface area (Å²) in [7, 11) is 0. The molecule has 5 heteroatoms. The van der Waals surface area contributed by atoms with Crippen LogP contribution in [-0.4, -0.2) is 29.1 Å². The van der Waals surface area contributed by atoms with Crippen LogP contribution in [0.15, 0.2) is 35.1 Å². The van der Waals surface area contributed by atoms with Crippen molar-refractivity contribution >= 4 is 16.8 Å². The third kappa shape index (κ3) is 3.79. The molecule has 0 radical (unpaired) electrons. The molecule has 0 aliphatic rings. The smallest absolute Gasteiger partial charge is 0.252 e. The van der Waals surface area contributed by atoms with E-state index in [1.54, 1.807) is 6.07 Å². The highest BCUT2D eigenvalue weighted by molar-refractivity contribution is 6.05. The maximum atomic E-state index is 12.6. The number of H-pyrrole nitrogens is 1. The second-order valence-corrected chi connectivity index (χ2v) is 5.96. The number of aromatic amines is 1. The lowest BCUT2D eigenvalue weighted by Crippen LogP contribution is -2.38. The predicted molar refractivity (Wildman–Crippen MR) is 91.6 cm³/mol. The Balaban J connectivity index is 2.26. The van der Waals surface area contributed by atoms with E-state index >= 15 is 0 Å². The monoisotopic (exact) mass is 316 g/mol. The van der Waals surface area contributed by atoms with Crippen LogP contribution in [0.1, 0.15) is 43.5 Å². The van der Waals surface area contributed by atoms with Crippen molar-refractivity contribution in [2.24, 2.45) is 5.41 Å². The average Bonchev–Trinajstić information content (AvgIpc) is 2.57. The molecule has 0 saturated carbocycles. The van der Waals surface area contributed by atoms with Crippen LogP contribution in [0.2, 0.25) is 0 Å². The van der Waals surface area contributed by atoms with E-state index in [0.717, 1.165) is 18.2 Å². The molecule has 0 aliphatic carbocycles. The molecule has 0 saturated heterocycles. The number of rotatable bonds is 7. The minimum atomic E-state index is -0.290. The molecule has 3 N–H and O–H groups in total. The SMILES string of the molecule is CCC(CC)(CCO)CNC(=O)c1cc(=O)[nH]c2ccccc12. The minimum Gasteiger partial charge on any atom is -0.396 e. The van der Waals surface area contributed by atoms with Crippen molar-refractivity contribution in [1.29, 1.82) is 0 Å². The second-order valence-electron chi connectivity index (χ2n) is 5.96. The molecule has 1 aromatic heterocycles. The highest BCUT2D eigenvalue weighted by atomic mass is 16.3. The summed E-state index contributed by atoms with van der Waals surface area (Å²) in [6, 6.07) is 8.59. The fourth-order valence-electron chi connectivity index (χ4n) is 2.93. The van der Waals surface area contributed by atoms with Gasteiger partial charge in [0.25, 0.3) is 5.91 Å². The molecule has 0 bridgehead atoms. The Morgan fingerprint density at radius 3 is 2.61 bits per heavy atom. The van der Waals surface area contributed by atoms with Gasteiger partial charge in [-0.25, -0.2) is 0 Å². The Bertz CT molecular complexity index is 732. The minimum absolute atomic E-state index is 0.103. The molecule has 0 aliphatic heterocycles. The summed E-state index contributed by atoms with van der Waals surface area (Å²) in [6.07, 6.45) is 2.40. The molecule has 1 aromatic carbocycles. The molecule has 1 amide bonds. The fourth-order valence-corrected chi connectivity index (χ4v) is 2.93. The number of hydrogen-bond acceptors (Lipinski definition) is 3. The average molecular weight is 316 g/mol. The number of hydrogen-bond donors (Lipinski definition) is 3. The lowest BCUT2D eigenvalue weighted by molar-refractivity contribution is 0.0908. The molecule has 0 spiro atoms. The molecule has 5 nitrogen and oxygen atoms in total. The van der Waals surface area contributed by atoms with Crippen molar-refractivity contribution in [3.63, 3.8) is 0 Å². The third-order valence-electron chi connectivity index (χ3n) is 4.76. The normalized spacial score (nSPS) is 11.6. The Labute approximate surface area is 135 Å². The summed E-state index contributed by atoms with van der Waals surface area (Å²) in [5.74, 6) is -0.253. The van der Waals surface area contributed by atoms with Crippen molar-refractivity contribution in [2.45, 2.75) is 33.1 Å². The van der Waals surface area contributed by atoms with Crippen LogP contribution >= 0.6 is 0 Å². The van der Waals surface area contributed by atoms with Gasteiger partial charge in [-0.2, -0.15) is 0 Å². The van der Waals surface area contributed by atoms with E-state index in [-0.39, 0.29) is 23.5 Å². The van der Waals surface area contributed by atoms with Crippen LogP contribution < -0.4 is 10.9 Å². The quantitative estimate of drug-likeness (QED) is 0.734. The highest BCUT2D eigenvalue weighted by Crippen LogP contribution is 2.29. The number of aliphatic hydroxyl groups is 1. The van der Waals surface area contributed by atoms with Gasteiger partial charge in [-0.15, -0.1) is 0 Å². The number of benzene rings is 1. The van der Waals surface area contributed by atoms with Crippen LogP contribution in [0.3, 0.4) is 0 Å². The van der Waals surface area contributed by atoms with E-state index in [4.69, 9.17) is 0 Å². The van der Waals surface area contributed by atoms with Crippen LogP contribution in [0, 0.1) is 5.41 Å². The molecule has 2 rings (SSSR count). The Hall–Kier alpha value is -2.14. The summed E-state index contributed by atoms with van der Waals surface area (Å²) in [6.45, 7) is 4.72. The zero-order chi connectivity index (χ0) is 16.9. The Morgan fingerprint density at radius 2 is 1.96 bits per heavy atom. The highest BCUT2D eigenvalue weighted by Gasteiger charge is 2.26. The summed E-state index contributed by atoms with van der Waals surface area (Å²) in [4.78, 5) is 27.1. The van der Waals surface area contributed by atoms with Gasteiger partial charge in [0.05, 0.1) is 5.56 Å². The van der Waals surface area contributed by atoms with E-state index in [2.05, 4.69) is 24.1 Å². The summed E-state index contributed by atoms with van der Waals surface area (Å²) < 4.78 is 0. The Morgan fingerprint density at radius 1 is 1.26 bits per heavy atom. The maximum absolute atomic E-state index is 12.6.